The summed E-state index contributed by atoms with van der Waals surface area (Å²) in [4.78, 5) is 11.1. The molecule has 0 bridgehead atoms. The van der Waals surface area contributed by atoms with Crippen molar-refractivity contribution >= 4 is 5.91 Å². The molecule has 1 heterocycles. The summed E-state index contributed by atoms with van der Waals surface area (Å²) in [5.41, 5.74) is 4.00. The molecule has 0 saturated heterocycles. The number of hydrogen-bond donors (Lipinski definition) is 1. The molecule has 2 rings (SSSR count). The lowest BCUT2D eigenvalue weighted by Gasteiger charge is -2.13. The molecule has 0 radical (unpaired) electrons. The molecule has 0 aliphatic rings. The van der Waals surface area contributed by atoms with Crippen molar-refractivity contribution in [3.63, 3.8) is 0 Å². The monoisotopic (exact) mass is 269 g/mol. The number of nitrogens with zero attached hydrogens (tertiary/aromatic N) is 2. The van der Waals surface area contributed by atoms with Crippen LogP contribution in [0.1, 0.15) is 21.6 Å². The van der Waals surface area contributed by atoms with Crippen molar-refractivity contribution in [3.05, 3.63) is 47.3 Å². The molecule has 1 aromatic carbocycles. The van der Waals surface area contributed by atoms with Gasteiger partial charge in [0.25, 0.3) is 5.91 Å². The molecule has 100 valence electrons. The number of amides is 1. The first-order valence-corrected chi connectivity index (χ1v) is 5.33. The summed E-state index contributed by atoms with van der Waals surface area (Å²) >= 11 is 0. The molecule has 2 aromatic rings. The van der Waals surface area contributed by atoms with Gasteiger partial charge in [-0.05, 0) is 18.6 Å². The van der Waals surface area contributed by atoms with Gasteiger partial charge in [-0.1, -0.05) is 18.2 Å². The predicted octanol–water partition coefficient (Wildman–Crippen LogP) is 2.30. The van der Waals surface area contributed by atoms with Crippen LogP contribution in [0.3, 0.4) is 0 Å². The molecule has 0 aliphatic heterocycles. The summed E-state index contributed by atoms with van der Waals surface area (Å²) in [5.74, 6) is -1.16. The summed E-state index contributed by atoms with van der Waals surface area (Å²) in [6.45, 7) is 1.65. The summed E-state index contributed by atoms with van der Waals surface area (Å²) in [7, 11) is 0. The molecule has 0 aliphatic carbocycles. The number of rotatable bonds is 2. The Hall–Kier alpha value is -2.31. The van der Waals surface area contributed by atoms with Crippen LogP contribution >= 0.6 is 0 Å². The van der Waals surface area contributed by atoms with E-state index in [1.165, 1.54) is 6.07 Å². The fourth-order valence-electron chi connectivity index (χ4n) is 1.79. The Kier molecular flexibility index (Phi) is 3.05. The van der Waals surface area contributed by atoms with Gasteiger partial charge in [-0.25, -0.2) is 4.68 Å². The predicted molar refractivity (Wildman–Crippen MR) is 61.8 cm³/mol. The molecular weight excluding hydrogens is 259 g/mol. The fraction of sp³-hybridized carbons (Fsp3) is 0.167. The summed E-state index contributed by atoms with van der Waals surface area (Å²) in [5, 5.41) is 3.63. The highest BCUT2D eigenvalue weighted by atomic mass is 19.4. The number of nitrogens with two attached hydrogens (primary N) is 1. The molecule has 0 atom stereocenters. The molecule has 4 nitrogen and oxygen atoms in total. The molecule has 2 N–H and O–H groups in total. The number of para-hydroxylation sites is 1. The number of aryl methyl sites for hydroxylation is 1. The summed E-state index contributed by atoms with van der Waals surface area (Å²) in [6.07, 6.45) is -3.89. The van der Waals surface area contributed by atoms with E-state index < -0.39 is 23.3 Å². The second-order valence-electron chi connectivity index (χ2n) is 3.97. The van der Waals surface area contributed by atoms with E-state index in [-0.39, 0.29) is 5.69 Å². The summed E-state index contributed by atoms with van der Waals surface area (Å²) in [6, 6.07) is 6.43. The van der Waals surface area contributed by atoms with Crippen molar-refractivity contribution in [1.82, 2.24) is 9.78 Å². The molecule has 19 heavy (non-hydrogen) atoms. The molecule has 0 saturated carbocycles. The zero-order chi connectivity index (χ0) is 14.2. The number of benzene rings is 1. The van der Waals surface area contributed by atoms with Crippen LogP contribution in [0.5, 0.6) is 0 Å². The van der Waals surface area contributed by atoms with Crippen molar-refractivity contribution in [2.45, 2.75) is 13.1 Å². The number of aromatic nitrogens is 2. The van der Waals surface area contributed by atoms with Gasteiger partial charge in [0.05, 0.1) is 17.4 Å². The highest BCUT2D eigenvalue weighted by Crippen LogP contribution is 2.33. The maximum atomic E-state index is 13.1. The zero-order valence-corrected chi connectivity index (χ0v) is 9.90. The van der Waals surface area contributed by atoms with Crippen LogP contribution in [-0.2, 0) is 6.18 Å². The van der Waals surface area contributed by atoms with Gasteiger partial charge >= 0.3 is 6.18 Å². The van der Waals surface area contributed by atoms with E-state index in [2.05, 4.69) is 5.10 Å². The highest BCUT2D eigenvalue weighted by Gasteiger charge is 2.40. The van der Waals surface area contributed by atoms with Gasteiger partial charge < -0.3 is 5.73 Å². The van der Waals surface area contributed by atoms with Gasteiger partial charge in [-0.2, -0.15) is 18.3 Å². The Labute approximate surface area is 106 Å². The Morgan fingerprint density at radius 3 is 2.47 bits per heavy atom. The average Bonchev–Trinajstić information content (AvgIpc) is 2.73. The lowest BCUT2D eigenvalue weighted by Crippen LogP contribution is -2.21. The molecule has 0 unspecified atom stereocenters. The topological polar surface area (TPSA) is 60.9 Å². The Morgan fingerprint density at radius 2 is 1.95 bits per heavy atom. The van der Waals surface area contributed by atoms with Gasteiger partial charge in [0, 0.05) is 0 Å². The number of primary amides is 1. The van der Waals surface area contributed by atoms with Crippen molar-refractivity contribution in [1.29, 1.82) is 0 Å². The van der Waals surface area contributed by atoms with Gasteiger partial charge in [-0.15, -0.1) is 0 Å². The minimum Gasteiger partial charge on any atom is -0.365 e. The van der Waals surface area contributed by atoms with Crippen LogP contribution in [0.2, 0.25) is 0 Å². The van der Waals surface area contributed by atoms with E-state index in [0.29, 0.717) is 10.2 Å². The van der Waals surface area contributed by atoms with Crippen molar-refractivity contribution < 1.29 is 18.0 Å². The van der Waals surface area contributed by atoms with Crippen LogP contribution < -0.4 is 5.73 Å². The third-order valence-electron chi connectivity index (χ3n) is 2.65. The van der Waals surface area contributed by atoms with E-state index in [1.54, 1.807) is 25.1 Å². The zero-order valence-electron chi connectivity index (χ0n) is 9.90. The second kappa shape index (κ2) is 4.42. The Morgan fingerprint density at radius 1 is 1.32 bits per heavy atom. The average molecular weight is 269 g/mol. The molecule has 0 fully saturated rings. The lowest BCUT2D eigenvalue weighted by atomic mass is 10.2. The van der Waals surface area contributed by atoms with Gasteiger partial charge in [0.1, 0.15) is 0 Å². The first-order chi connectivity index (χ1) is 8.82. The quantitative estimate of drug-likeness (QED) is 0.909. The number of halogens is 3. The van der Waals surface area contributed by atoms with Crippen molar-refractivity contribution in [3.8, 4) is 5.69 Å². The maximum Gasteiger partial charge on any atom is 0.434 e. The van der Waals surface area contributed by atoms with Crippen LogP contribution in [0.25, 0.3) is 5.69 Å². The number of carbonyl (C=O) groups is 1. The summed E-state index contributed by atoms with van der Waals surface area (Å²) < 4.78 is 39.8. The van der Waals surface area contributed by atoms with Crippen LogP contribution in [0.4, 0.5) is 13.2 Å². The van der Waals surface area contributed by atoms with E-state index >= 15 is 0 Å². The first kappa shape index (κ1) is 13.1. The van der Waals surface area contributed by atoms with E-state index in [4.69, 9.17) is 5.73 Å². The molecule has 7 heteroatoms. The number of carbonyl (C=O) groups excluding carboxylic acids is 1. The lowest BCUT2D eigenvalue weighted by molar-refractivity contribution is -0.143. The third kappa shape index (κ3) is 2.31. The van der Waals surface area contributed by atoms with Gasteiger partial charge in [-0.3, -0.25) is 4.79 Å². The van der Waals surface area contributed by atoms with Crippen molar-refractivity contribution in [2.24, 2.45) is 5.73 Å². The number of alkyl halides is 3. The SMILES string of the molecule is Cc1ccccc1-n1ncc(C(N)=O)c1C(F)(F)F. The molecule has 1 aromatic heterocycles. The largest absolute Gasteiger partial charge is 0.434 e. The van der Waals surface area contributed by atoms with Crippen LogP contribution in [0, 0.1) is 6.92 Å². The Bertz CT molecular complexity index is 631. The smallest absolute Gasteiger partial charge is 0.365 e. The Balaban J connectivity index is 2.73. The fourth-order valence-corrected chi connectivity index (χ4v) is 1.79. The first-order valence-electron chi connectivity index (χ1n) is 5.33. The highest BCUT2D eigenvalue weighted by molar-refractivity contribution is 5.94. The van der Waals surface area contributed by atoms with Gasteiger partial charge in [0.2, 0.25) is 0 Å². The van der Waals surface area contributed by atoms with Crippen LogP contribution in [-0.4, -0.2) is 15.7 Å². The molecule has 0 spiro atoms. The van der Waals surface area contributed by atoms with E-state index in [0.717, 1.165) is 6.20 Å². The normalized spacial score (nSPS) is 11.6. The van der Waals surface area contributed by atoms with E-state index in [9.17, 15) is 18.0 Å². The molecule has 1 amide bonds. The maximum absolute atomic E-state index is 13.1. The van der Waals surface area contributed by atoms with E-state index in [1.807, 2.05) is 0 Å². The third-order valence-corrected chi connectivity index (χ3v) is 2.65. The van der Waals surface area contributed by atoms with Crippen molar-refractivity contribution in [2.75, 3.05) is 0 Å². The second-order valence-corrected chi connectivity index (χ2v) is 3.97. The molecular formula is C12H10F3N3O. The van der Waals surface area contributed by atoms with Crippen LogP contribution in [0.15, 0.2) is 30.5 Å². The standard InChI is InChI=1S/C12H10F3N3O/c1-7-4-2-3-5-9(7)18-10(12(13,14)15)8(6-17-18)11(16)19/h2-6H,1H3,(H2,16,19). The van der Waals surface area contributed by atoms with Gasteiger partial charge in [0.15, 0.2) is 5.69 Å². The number of hydrogen-bond acceptors (Lipinski definition) is 2. The minimum atomic E-state index is -4.72. The minimum absolute atomic E-state index is 0.252.